The van der Waals surface area contributed by atoms with Gasteiger partial charge in [-0.25, -0.2) is 0 Å². The van der Waals surface area contributed by atoms with E-state index in [1.165, 1.54) is 13.8 Å². The molecule has 0 spiro atoms. The summed E-state index contributed by atoms with van der Waals surface area (Å²) in [7, 11) is 0. The molecular weight excluding hydrogens is 400 g/mol. The molecule has 0 saturated carbocycles. The standard InChI is InChI=1S/C23H30N2O4S/c1-13(2)21(30-15(4)27)22(28)24-18-12-16-8-5-6-9-17(16)20-11-7-10-19(14(3)26)25(20)23(18)29/h5-6,8-9,13,18-21H,7,10-12H2,1-4H3,(H,24,28)/t18-,19-,20+,21-/m0/s1. The number of nitrogens with zero attached hydrogens (tertiary/aromatic N) is 1. The molecule has 4 atom stereocenters. The van der Waals surface area contributed by atoms with E-state index in [0.29, 0.717) is 12.8 Å². The Hall–Kier alpha value is -2.15. The maximum atomic E-state index is 13.6. The first-order chi connectivity index (χ1) is 14.2. The third kappa shape index (κ3) is 4.61. The maximum Gasteiger partial charge on any atom is 0.246 e. The number of fused-ring (bicyclic) bond motifs is 3. The average molecular weight is 431 g/mol. The number of benzene rings is 1. The fourth-order valence-electron chi connectivity index (χ4n) is 4.58. The highest BCUT2D eigenvalue weighted by Crippen LogP contribution is 2.39. The van der Waals surface area contributed by atoms with E-state index in [1.807, 2.05) is 38.1 Å². The second kappa shape index (κ2) is 9.33. The fraction of sp³-hybridized carbons (Fsp3) is 0.565. The fourth-order valence-corrected chi connectivity index (χ4v) is 5.39. The van der Waals surface area contributed by atoms with Crippen LogP contribution in [-0.2, 0) is 25.6 Å². The number of piperidine rings is 1. The summed E-state index contributed by atoms with van der Waals surface area (Å²) in [6.07, 6.45) is 2.72. The van der Waals surface area contributed by atoms with Crippen LogP contribution in [-0.4, -0.2) is 44.9 Å². The van der Waals surface area contributed by atoms with Crippen LogP contribution in [0.2, 0.25) is 0 Å². The van der Waals surface area contributed by atoms with Crippen molar-refractivity contribution in [2.75, 3.05) is 0 Å². The molecule has 0 aliphatic carbocycles. The Kier molecular flexibility index (Phi) is 7.01. The summed E-state index contributed by atoms with van der Waals surface area (Å²) in [6.45, 7) is 6.74. The number of rotatable bonds is 5. The quantitative estimate of drug-likeness (QED) is 0.776. The first kappa shape index (κ1) is 22.5. The minimum absolute atomic E-state index is 0.0234. The molecular formula is C23H30N2O4S. The van der Waals surface area contributed by atoms with Crippen molar-refractivity contribution >= 4 is 34.5 Å². The van der Waals surface area contributed by atoms with Crippen LogP contribution < -0.4 is 5.32 Å². The van der Waals surface area contributed by atoms with Gasteiger partial charge in [0.15, 0.2) is 10.9 Å². The van der Waals surface area contributed by atoms with E-state index in [-0.39, 0.29) is 34.7 Å². The lowest BCUT2D eigenvalue weighted by molar-refractivity contribution is -0.146. The van der Waals surface area contributed by atoms with E-state index in [9.17, 15) is 19.2 Å². The lowest BCUT2D eigenvalue weighted by atomic mass is 9.88. The molecule has 30 heavy (non-hydrogen) atoms. The molecule has 0 aromatic heterocycles. The molecule has 3 rings (SSSR count). The van der Waals surface area contributed by atoms with Crippen molar-refractivity contribution in [3.8, 4) is 0 Å². The van der Waals surface area contributed by atoms with Crippen molar-refractivity contribution in [3.05, 3.63) is 35.4 Å². The van der Waals surface area contributed by atoms with Crippen LogP contribution in [0, 0.1) is 5.92 Å². The van der Waals surface area contributed by atoms with Crippen LogP contribution in [0.25, 0.3) is 0 Å². The van der Waals surface area contributed by atoms with Crippen LogP contribution in [0.5, 0.6) is 0 Å². The monoisotopic (exact) mass is 430 g/mol. The van der Waals surface area contributed by atoms with Crippen LogP contribution in [0.1, 0.15) is 64.1 Å². The Morgan fingerprint density at radius 3 is 2.47 bits per heavy atom. The Bertz CT molecular complexity index is 853. The lowest BCUT2D eigenvalue weighted by Crippen LogP contribution is -2.56. The molecule has 1 fully saturated rings. The lowest BCUT2D eigenvalue weighted by Gasteiger charge is -2.41. The summed E-state index contributed by atoms with van der Waals surface area (Å²) in [5.74, 6) is -0.597. The number of carbonyl (C=O) groups is 4. The first-order valence-corrected chi connectivity index (χ1v) is 11.5. The first-order valence-electron chi connectivity index (χ1n) is 10.6. The molecule has 1 saturated heterocycles. The summed E-state index contributed by atoms with van der Waals surface area (Å²) in [5, 5.41) is 2.22. The highest BCUT2D eigenvalue weighted by Gasteiger charge is 2.43. The number of carbonyl (C=O) groups excluding carboxylic acids is 4. The van der Waals surface area contributed by atoms with E-state index in [4.69, 9.17) is 0 Å². The van der Waals surface area contributed by atoms with Crippen molar-refractivity contribution in [1.29, 1.82) is 0 Å². The SMILES string of the molecule is CC(=O)S[C@H](C(=O)N[C@H]1Cc2ccccc2[C@H]2CCC[C@@H](C(C)=O)N2C1=O)C(C)C. The number of Topliss-reactive ketones (excluding diaryl/α,β-unsaturated/α-hetero) is 1. The number of thioether (sulfide) groups is 1. The van der Waals surface area contributed by atoms with Gasteiger partial charge in [0, 0.05) is 13.3 Å². The summed E-state index contributed by atoms with van der Waals surface area (Å²) >= 11 is 0.995. The zero-order valence-corrected chi connectivity index (χ0v) is 18.8. The van der Waals surface area contributed by atoms with Gasteiger partial charge in [0.1, 0.15) is 6.04 Å². The van der Waals surface area contributed by atoms with E-state index < -0.39 is 17.3 Å². The van der Waals surface area contributed by atoms with Crippen molar-refractivity contribution in [2.45, 2.75) is 76.8 Å². The molecule has 7 heteroatoms. The van der Waals surface area contributed by atoms with Crippen molar-refractivity contribution in [1.82, 2.24) is 10.2 Å². The van der Waals surface area contributed by atoms with E-state index in [2.05, 4.69) is 5.32 Å². The van der Waals surface area contributed by atoms with E-state index in [0.717, 1.165) is 35.7 Å². The van der Waals surface area contributed by atoms with Gasteiger partial charge in [0.25, 0.3) is 0 Å². The predicted octanol–water partition coefficient (Wildman–Crippen LogP) is 3.04. The van der Waals surface area contributed by atoms with Gasteiger partial charge in [0.05, 0.1) is 17.3 Å². The number of nitrogens with one attached hydrogen (secondary N) is 1. The van der Waals surface area contributed by atoms with Gasteiger partial charge >= 0.3 is 0 Å². The zero-order chi connectivity index (χ0) is 22.0. The highest BCUT2D eigenvalue weighted by molar-refractivity contribution is 8.14. The van der Waals surface area contributed by atoms with E-state index in [1.54, 1.807) is 4.90 Å². The molecule has 2 aliphatic heterocycles. The molecule has 2 aliphatic rings. The summed E-state index contributed by atoms with van der Waals surface area (Å²) in [4.78, 5) is 52.3. The third-order valence-corrected chi connectivity index (χ3v) is 7.30. The summed E-state index contributed by atoms with van der Waals surface area (Å²) in [6, 6.07) is 6.54. The van der Waals surface area contributed by atoms with Gasteiger partial charge in [-0.05, 0) is 43.2 Å². The Balaban J connectivity index is 1.95. The third-order valence-electron chi connectivity index (χ3n) is 5.96. The molecule has 0 bridgehead atoms. The van der Waals surface area contributed by atoms with Crippen molar-refractivity contribution in [3.63, 3.8) is 0 Å². The Labute approximate surface area is 182 Å². The number of hydrogen-bond acceptors (Lipinski definition) is 5. The zero-order valence-electron chi connectivity index (χ0n) is 18.0. The normalized spacial score (nSPS) is 24.5. The van der Waals surface area contributed by atoms with Gasteiger partial charge < -0.3 is 10.2 Å². The van der Waals surface area contributed by atoms with Crippen molar-refractivity contribution in [2.24, 2.45) is 5.92 Å². The van der Waals surface area contributed by atoms with Crippen LogP contribution in [0.15, 0.2) is 24.3 Å². The second-order valence-corrected chi connectivity index (χ2v) is 9.88. The predicted molar refractivity (Wildman–Crippen MR) is 117 cm³/mol. The summed E-state index contributed by atoms with van der Waals surface area (Å²) in [5.41, 5.74) is 2.08. The van der Waals surface area contributed by atoms with Crippen LogP contribution >= 0.6 is 11.8 Å². The molecule has 2 amide bonds. The van der Waals surface area contributed by atoms with Gasteiger partial charge in [-0.2, -0.15) is 0 Å². The number of ketones is 1. The minimum Gasteiger partial charge on any atom is -0.343 e. The smallest absolute Gasteiger partial charge is 0.246 e. The molecule has 1 aromatic carbocycles. The van der Waals surface area contributed by atoms with Crippen molar-refractivity contribution < 1.29 is 19.2 Å². The highest BCUT2D eigenvalue weighted by atomic mass is 32.2. The van der Waals surface area contributed by atoms with E-state index >= 15 is 0 Å². The van der Waals surface area contributed by atoms with Crippen LogP contribution in [0.4, 0.5) is 0 Å². The van der Waals surface area contributed by atoms with Crippen LogP contribution in [0.3, 0.4) is 0 Å². The molecule has 162 valence electrons. The molecule has 2 heterocycles. The average Bonchev–Trinajstić information content (AvgIpc) is 2.81. The maximum absolute atomic E-state index is 13.6. The molecule has 0 radical (unpaired) electrons. The molecule has 1 aromatic rings. The molecule has 1 N–H and O–H groups in total. The Morgan fingerprint density at radius 2 is 1.83 bits per heavy atom. The number of amides is 2. The number of hydrogen-bond donors (Lipinski definition) is 1. The second-order valence-electron chi connectivity index (χ2n) is 8.56. The van der Waals surface area contributed by atoms with Gasteiger partial charge in [-0.15, -0.1) is 0 Å². The summed E-state index contributed by atoms with van der Waals surface area (Å²) < 4.78 is 0. The molecule has 0 unspecified atom stereocenters. The van der Waals surface area contributed by atoms with Gasteiger partial charge in [0.2, 0.25) is 11.8 Å². The largest absolute Gasteiger partial charge is 0.343 e. The van der Waals surface area contributed by atoms with Gasteiger partial charge in [-0.1, -0.05) is 49.9 Å². The topological polar surface area (TPSA) is 83.6 Å². The van der Waals surface area contributed by atoms with Gasteiger partial charge in [-0.3, -0.25) is 19.2 Å². The minimum atomic E-state index is -0.752. The Morgan fingerprint density at radius 1 is 1.13 bits per heavy atom. The molecule has 6 nitrogen and oxygen atoms in total.